The molecule has 12 heavy (non-hydrogen) atoms. The first kappa shape index (κ1) is 8.75. The van der Waals surface area contributed by atoms with Crippen LogP contribution in [0.4, 0.5) is 0 Å². The maximum Gasteiger partial charge on any atom is 0.249 e. The third-order valence-electron chi connectivity index (χ3n) is 1.64. The number of carbonyl (C=O) groups excluding carboxylic acids is 1. The largest absolute Gasteiger partial charge is 0.352 e. The van der Waals surface area contributed by atoms with Crippen molar-refractivity contribution < 1.29 is 9.53 Å². The van der Waals surface area contributed by atoms with E-state index in [0.29, 0.717) is 13.1 Å². The van der Waals surface area contributed by atoms with E-state index in [4.69, 9.17) is 10.00 Å². The molecule has 0 bridgehead atoms. The van der Waals surface area contributed by atoms with Gasteiger partial charge in [-0.05, 0) is 0 Å². The first-order valence-corrected chi connectivity index (χ1v) is 3.68. The third kappa shape index (κ3) is 1.83. The van der Waals surface area contributed by atoms with Gasteiger partial charge in [0.05, 0.1) is 12.6 Å². The molecule has 1 unspecified atom stereocenters. The van der Waals surface area contributed by atoms with Crippen LogP contribution in [-0.4, -0.2) is 36.6 Å². The molecular formula is C8H10N2O2. The van der Waals surface area contributed by atoms with Gasteiger partial charge in [0.15, 0.2) is 6.10 Å². The number of hydrogen-bond acceptors (Lipinski definition) is 3. The van der Waals surface area contributed by atoms with Gasteiger partial charge in [-0.2, -0.15) is 5.26 Å². The Kier molecular flexibility index (Phi) is 2.83. The Bertz CT molecular complexity index is 232. The molecule has 1 aliphatic rings. The van der Waals surface area contributed by atoms with Crippen molar-refractivity contribution in [2.75, 3.05) is 19.7 Å². The minimum Gasteiger partial charge on any atom is -0.352 e. The van der Waals surface area contributed by atoms with Gasteiger partial charge in [-0.15, -0.1) is 6.58 Å². The maximum atomic E-state index is 11.1. The molecule has 1 atom stereocenters. The van der Waals surface area contributed by atoms with Crippen molar-refractivity contribution in [2.24, 2.45) is 0 Å². The number of carbonyl (C=O) groups is 1. The first-order chi connectivity index (χ1) is 5.77. The van der Waals surface area contributed by atoms with Crippen LogP contribution < -0.4 is 0 Å². The predicted molar refractivity (Wildman–Crippen MR) is 42.1 cm³/mol. The lowest BCUT2D eigenvalue weighted by Crippen LogP contribution is -2.45. The molecule has 0 saturated carbocycles. The van der Waals surface area contributed by atoms with Crippen molar-refractivity contribution >= 4 is 5.91 Å². The molecule has 1 heterocycles. The molecule has 1 amide bonds. The van der Waals surface area contributed by atoms with Crippen LogP contribution in [0.5, 0.6) is 0 Å². The quantitative estimate of drug-likeness (QED) is 0.539. The molecule has 0 N–H and O–H groups in total. The highest BCUT2D eigenvalue weighted by Crippen LogP contribution is 2.04. The van der Waals surface area contributed by atoms with Gasteiger partial charge in [0, 0.05) is 6.54 Å². The minimum atomic E-state index is -0.484. The van der Waals surface area contributed by atoms with Crippen LogP contribution in [0.3, 0.4) is 0 Å². The average molecular weight is 166 g/mol. The molecule has 0 radical (unpaired) electrons. The van der Waals surface area contributed by atoms with Gasteiger partial charge in [-0.3, -0.25) is 4.79 Å². The highest BCUT2D eigenvalue weighted by Gasteiger charge is 2.24. The molecule has 0 aromatic heterocycles. The average Bonchev–Trinajstić information content (AvgIpc) is 2.09. The normalized spacial score (nSPS) is 23.4. The Morgan fingerprint density at radius 1 is 1.92 bits per heavy atom. The van der Waals surface area contributed by atoms with Crippen LogP contribution in [0.15, 0.2) is 12.7 Å². The van der Waals surface area contributed by atoms with Gasteiger partial charge in [-0.25, -0.2) is 0 Å². The Morgan fingerprint density at radius 2 is 2.67 bits per heavy atom. The monoisotopic (exact) mass is 166 g/mol. The summed E-state index contributed by atoms with van der Waals surface area (Å²) in [6.45, 7) is 4.36. The number of nitrogens with zero attached hydrogens (tertiary/aromatic N) is 2. The topological polar surface area (TPSA) is 53.3 Å². The summed E-state index contributed by atoms with van der Waals surface area (Å²) in [5.74, 6) is -0.0820. The summed E-state index contributed by atoms with van der Waals surface area (Å²) in [5.41, 5.74) is 0. The summed E-state index contributed by atoms with van der Waals surface area (Å²) in [6.07, 6.45) is 1.15. The molecule has 1 aliphatic heterocycles. The van der Waals surface area contributed by atoms with E-state index in [9.17, 15) is 4.79 Å². The van der Waals surface area contributed by atoms with E-state index in [-0.39, 0.29) is 12.5 Å². The van der Waals surface area contributed by atoms with Gasteiger partial charge >= 0.3 is 0 Å². The third-order valence-corrected chi connectivity index (χ3v) is 1.64. The zero-order valence-electron chi connectivity index (χ0n) is 6.69. The van der Waals surface area contributed by atoms with Crippen molar-refractivity contribution in [1.29, 1.82) is 5.26 Å². The van der Waals surface area contributed by atoms with Crippen molar-refractivity contribution in [3.05, 3.63) is 12.7 Å². The molecule has 0 aliphatic carbocycles. The van der Waals surface area contributed by atoms with Crippen LogP contribution in [0, 0.1) is 11.3 Å². The summed E-state index contributed by atoms with van der Waals surface area (Å²) in [6, 6.07) is 1.96. The molecule has 0 aromatic carbocycles. The number of nitriles is 1. The number of ether oxygens (including phenoxy) is 1. The van der Waals surface area contributed by atoms with Crippen molar-refractivity contribution in [2.45, 2.75) is 6.10 Å². The van der Waals surface area contributed by atoms with Crippen molar-refractivity contribution in [3.63, 3.8) is 0 Å². The highest BCUT2D eigenvalue weighted by molar-refractivity contribution is 5.78. The molecular weight excluding hydrogens is 156 g/mol. The van der Waals surface area contributed by atoms with E-state index in [0.717, 1.165) is 0 Å². The Balaban J connectivity index is 2.53. The lowest BCUT2D eigenvalue weighted by molar-refractivity contribution is -0.145. The first-order valence-electron chi connectivity index (χ1n) is 3.68. The molecule has 1 rings (SSSR count). The number of rotatable bonds is 2. The molecule has 1 saturated heterocycles. The number of hydrogen-bond donors (Lipinski definition) is 0. The van der Waals surface area contributed by atoms with E-state index in [1.54, 1.807) is 11.0 Å². The highest BCUT2D eigenvalue weighted by atomic mass is 16.5. The molecule has 1 fully saturated rings. The van der Waals surface area contributed by atoms with Crippen LogP contribution in [0.1, 0.15) is 0 Å². The van der Waals surface area contributed by atoms with Gasteiger partial charge in [0.25, 0.3) is 0 Å². The fourth-order valence-electron chi connectivity index (χ4n) is 1.03. The van der Waals surface area contributed by atoms with Gasteiger partial charge in [0.1, 0.15) is 6.61 Å². The zero-order chi connectivity index (χ0) is 8.97. The SMILES string of the molecule is C=CCN1CC(C#N)OCC1=O. The maximum absolute atomic E-state index is 11.1. The summed E-state index contributed by atoms with van der Waals surface area (Å²) >= 11 is 0. The van der Waals surface area contributed by atoms with E-state index in [1.807, 2.05) is 6.07 Å². The lowest BCUT2D eigenvalue weighted by atomic mass is 10.3. The van der Waals surface area contributed by atoms with Gasteiger partial charge < -0.3 is 9.64 Å². The van der Waals surface area contributed by atoms with Gasteiger partial charge in [0.2, 0.25) is 5.91 Å². The van der Waals surface area contributed by atoms with Crippen LogP contribution in [0.25, 0.3) is 0 Å². The zero-order valence-corrected chi connectivity index (χ0v) is 6.69. The molecule has 0 aromatic rings. The van der Waals surface area contributed by atoms with Crippen molar-refractivity contribution in [3.8, 4) is 6.07 Å². The Labute approximate surface area is 71.0 Å². The van der Waals surface area contributed by atoms with Crippen molar-refractivity contribution in [1.82, 2.24) is 4.90 Å². The second-order valence-electron chi connectivity index (χ2n) is 2.52. The van der Waals surface area contributed by atoms with Gasteiger partial charge in [-0.1, -0.05) is 6.08 Å². The molecule has 4 nitrogen and oxygen atoms in total. The summed E-state index contributed by atoms with van der Waals surface area (Å²) in [5, 5.41) is 8.52. The molecule has 64 valence electrons. The summed E-state index contributed by atoms with van der Waals surface area (Å²) < 4.78 is 4.93. The molecule has 0 spiro atoms. The summed E-state index contributed by atoms with van der Waals surface area (Å²) in [7, 11) is 0. The van der Waals surface area contributed by atoms with Crippen LogP contribution >= 0.6 is 0 Å². The van der Waals surface area contributed by atoms with E-state index in [1.165, 1.54) is 0 Å². The Morgan fingerprint density at radius 3 is 3.25 bits per heavy atom. The van der Waals surface area contributed by atoms with E-state index < -0.39 is 6.10 Å². The van der Waals surface area contributed by atoms with E-state index in [2.05, 4.69) is 6.58 Å². The summed E-state index contributed by atoms with van der Waals surface area (Å²) in [4.78, 5) is 12.6. The number of morpholine rings is 1. The van der Waals surface area contributed by atoms with Crippen LogP contribution in [0.2, 0.25) is 0 Å². The smallest absolute Gasteiger partial charge is 0.249 e. The number of amides is 1. The van der Waals surface area contributed by atoms with Crippen LogP contribution in [-0.2, 0) is 9.53 Å². The molecule has 4 heteroatoms. The predicted octanol–water partition coefficient (Wildman–Crippen LogP) is -0.0766. The standard InChI is InChI=1S/C8H10N2O2/c1-2-3-10-5-7(4-9)12-6-8(10)11/h2,7H,1,3,5-6H2. The minimum absolute atomic E-state index is 0.00602. The Hall–Kier alpha value is -1.34. The fourth-order valence-corrected chi connectivity index (χ4v) is 1.03. The second kappa shape index (κ2) is 3.88. The fraction of sp³-hybridized carbons (Fsp3) is 0.500. The lowest BCUT2D eigenvalue weighted by Gasteiger charge is -2.28. The van der Waals surface area contributed by atoms with E-state index >= 15 is 0 Å². The second-order valence-corrected chi connectivity index (χ2v) is 2.52.